The number of carbonyl (C=O) groups is 1. The molecule has 1 rings (SSSR count). The van der Waals surface area contributed by atoms with E-state index in [1.165, 1.54) is 11.3 Å². The van der Waals surface area contributed by atoms with E-state index in [0.717, 1.165) is 31.5 Å². The van der Waals surface area contributed by atoms with Crippen molar-refractivity contribution in [2.45, 2.75) is 78.9 Å². The van der Waals surface area contributed by atoms with Gasteiger partial charge in [0.1, 0.15) is 5.60 Å². The molecule has 0 aliphatic heterocycles. The molecule has 0 aromatic carbocycles. The first kappa shape index (κ1) is 28.5. The number of rotatable bonds is 8. The molecule has 0 aliphatic carbocycles. The number of hydrogen-bond acceptors (Lipinski definition) is 4. The molecule has 30 heavy (non-hydrogen) atoms. The minimum atomic E-state index is -0.523. The number of amides is 1. The van der Waals surface area contributed by atoms with Crippen LogP contribution >= 0.6 is 24.0 Å². The van der Waals surface area contributed by atoms with Crippen molar-refractivity contribution in [2.24, 2.45) is 12.0 Å². The number of hydrogen-bond donors (Lipinski definition) is 3. The third-order valence-electron chi connectivity index (χ3n) is 5.26. The maximum atomic E-state index is 12.3. The zero-order chi connectivity index (χ0) is 22.2. The highest BCUT2D eigenvalue weighted by molar-refractivity contribution is 14.0. The minimum absolute atomic E-state index is 0. The number of guanidine groups is 1. The Morgan fingerprint density at radius 1 is 1.17 bits per heavy atom. The van der Waals surface area contributed by atoms with Crippen LogP contribution in [0.5, 0.6) is 0 Å². The molecule has 8 nitrogen and oxygen atoms in total. The van der Waals surface area contributed by atoms with Crippen molar-refractivity contribution in [1.29, 1.82) is 0 Å². The Hall–Kier alpha value is -1.52. The van der Waals surface area contributed by atoms with E-state index >= 15 is 0 Å². The Balaban J connectivity index is 0.00000841. The van der Waals surface area contributed by atoms with Crippen LogP contribution in [-0.2, 0) is 18.2 Å². The molecule has 0 spiro atoms. The number of nitrogens with one attached hydrogen (secondary N) is 3. The normalized spacial score (nSPS) is 12.2. The molecule has 1 amide bonds. The van der Waals surface area contributed by atoms with Gasteiger partial charge < -0.3 is 20.7 Å². The smallest absolute Gasteiger partial charge is 0.408 e. The van der Waals surface area contributed by atoms with Gasteiger partial charge in [-0.15, -0.1) is 24.0 Å². The van der Waals surface area contributed by atoms with Gasteiger partial charge in [-0.2, -0.15) is 5.10 Å². The Bertz CT molecular complexity index is 705. The Kier molecular flexibility index (Phi) is 11.7. The molecule has 1 aromatic heterocycles. The Morgan fingerprint density at radius 3 is 2.20 bits per heavy atom. The summed E-state index contributed by atoms with van der Waals surface area (Å²) < 4.78 is 7.35. The number of carbonyl (C=O) groups excluding carboxylic acids is 1. The van der Waals surface area contributed by atoms with Gasteiger partial charge in [0, 0.05) is 32.9 Å². The SMILES string of the molecule is CCC(CC)(CNC(=NC)NCCc1c(C)nn(C)c1C)NC(=O)OC(C)(C)C.I. The van der Waals surface area contributed by atoms with Crippen LogP contribution < -0.4 is 16.0 Å². The molecule has 1 heterocycles. The van der Waals surface area contributed by atoms with Gasteiger partial charge in [0.05, 0.1) is 11.2 Å². The molecule has 0 bridgehead atoms. The van der Waals surface area contributed by atoms with Gasteiger partial charge in [-0.1, -0.05) is 13.8 Å². The van der Waals surface area contributed by atoms with Crippen LogP contribution in [0.3, 0.4) is 0 Å². The summed E-state index contributed by atoms with van der Waals surface area (Å²) >= 11 is 0. The predicted octanol–water partition coefficient (Wildman–Crippen LogP) is 3.45. The maximum Gasteiger partial charge on any atom is 0.408 e. The average Bonchev–Trinajstić information content (AvgIpc) is 2.87. The second kappa shape index (κ2) is 12.4. The quantitative estimate of drug-likeness (QED) is 0.269. The molecule has 0 aliphatic rings. The zero-order valence-corrected chi connectivity index (χ0v) is 22.4. The molecule has 0 atom stereocenters. The number of aliphatic imine (C=N–C) groups is 1. The van der Waals surface area contributed by atoms with Crippen LogP contribution in [0, 0.1) is 13.8 Å². The van der Waals surface area contributed by atoms with Crippen molar-refractivity contribution < 1.29 is 9.53 Å². The van der Waals surface area contributed by atoms with Crippen molar-refractivity contribution >= 4 is 36.0 Å². The monoisotopic (exact) mass is 536 g/mol. The second-order valence-electron chi connectivity index (χ2n) is 8.49. The molecule has 9 heteroatoms. The summed E-state index contributed by atoms with van der Waals surface area (Å²) in [5, 5.41) is 14.2. The van der Waals surface area contributed by atoms with Gasteiger partial charge in [-0.3, -0.25) is 9.67 Å². The summed E-state index contributed by atoms with van der Waals surface area (Å²) in [6, 6.07) is 0. The van der Waals surface area contributed by atoms with E-state index in [0.29, 0.717) is 12.5 Å². The maximum absolute atomic E-state index is 12.3. The lowest BCUT2D eigenvalue weighted by atomic mass is 9.93. The topological polar surface area (TPSA) is 92.6 Å². The summed E-state index contributed by atoms with van der Waals surface area (Å²) in [6.07, 6.45) is 2.03. The predicted molar refractivity (Wildman–Crippen MR) is 134 cm³/mol. The highest BCUT2D eigenvalue weighted by Gasteiger charge is 2.30. The number of aromatic nitrogens is 2. The molecule has 3 N–H and O–H groups in total. The first-order valence-electron chi connectivity index (χ1n) is 10.4. The highest BCUT2D eigenvalue weighted by Crippen LogP contribution is 2.16. The third kappa shape index (κ3) is 8.69. The molecular weight excluding hydrogens is 495 g/mol. The van der Waals surface area contributed by atoms with Gasteiger partial charge in [0.25, 0.3) is 0 Å². The third-order valence-corrected chi connectivity index (χ3v) is 5.26. The summed E-state index contributed by atoms with van der Waals surface area (Å²) in [4.78, 5) is 16.6. The molecule has 0 unspecified atom stereocenters. The van der Waals surface area contributed by atoms with Crippen LogP contribution in [0.25, 0.3) is 0 Å². The van der Waals surface area contributed by atoms with E-state index in [1.807, 2.05) is 39.4 Å². The molecule has 0 fully saturated rings. The van der Waals surface area contributed by atoms with Gasteiger partial charge >= 0.3 is 6.09 Å². The van der Waals surface area contributed by atoms with E-state index in [4.69, 9.17) is 4.74 Å². The van der Waals surface area contributed by atoms with Crippen molar-refractivity contribution in [3.8, 4) is 0 Å². The minimum Gasteiger partial charge on any atom is -0.444 e. The largest absolute Gasteiger partial charge is 0.444 e. The number of alkyl carbamates (subject to hydrolysis) is 1. The van der Waals surface area contributed by atoms with Gasteiger partial charge in [0.15, 0.2) is 5.96 Å². The Morgan fingerprint density at radius 2 is 1.77 bits per heavy atom. The van der Waals surface area contributed by atoms with E-state index in [9.17, 15) is 4.79 Å². The van der Waals surface area contributed by atoms with Crippen molar-refractivity contribution in [2.75, 3.05) is 20.1 Å². The Labute approximate surface area is 199 Å². The lowest BCUT2D eigenvalue weighted by molar-refractivity contribution is 0.0448. The number of ether oxygens (including phenoxy) is 1. The lowest BCUT2D eigenvalue weighted by Gasteiger charge is -2.34. The number of aryl methyl sites for hydroxylation is 2. The molecule has 0 saturated carbocycles. The first-order chi connectivity index (χ1) is 13.5. The molecule has 0 radical (unpaired) electrons. The van der Waals surface area contributed by atoms with Crippen LogP contribution in [0.4, 0.5) is 4.79 Å². The van der Waals surface area contributed by atoms with E-state index in [1.54, 1.807) is 7.05 Å². The molecule has 1 aromatic rings. The van der Waals surface area contributed by atoms with Crippen molar-refractivity contribution in [3.63, 3.8) is 0 Å². The van der Waals surface area contributed by atoms with E-state index in [2.05, 4.69) is 46.8 Å². The fraction of sp³-hybridized carbons (Fsp3) is 0.762. The fourth-order valence-corrected chi connectivity index (χ4v) is 3.20. The lowest BCUT2D eigenvalue weighted by Crippen LogP contribution is -2.57. The van der Waals surface area contributed by atoms with Crippen molar-refractivity contribution in [3.05, 3.63) is 17.0 Å². The van der Waals surface area contributed by atoms with E-state index < -0.39 is 17.2 Å². The molecular formula is C21H41IN6O2. The summed E-state index contributed by atoms with van der Waals surface area (Å²) in [7, 11) is 3.71. The average molecular weight is 537 g/mol. The van der Waals surface area contributed by atoms with Crippen molar-refractivity contribution in [1.82, 2.24) is 25.7 Å². The van der Waals surface area contributed by atoms with Gasteiger partial charge in [-0.25, -0.2) is 4.79 Å². The number of nitrogens with zero attached hydrogens (tertiary/aromatic N) is 3. The van der Waals surface area contributed by atoms with Crippen LogP contribution in [0.1, 0.15) is 64.4 Å². The summed E-state index contributed by atoms with van der Waals surface area (Å²) in [5.74, 6) is 0.710. The zero-order valence-electron chi connectivity index (χ0n) is 20.1. The fourth-order valence-electron chi connectivity index (χ4n) is 3.20. The van der Waals surface area contributed by atoms with Crippen LogP contribution in [0.2, 0.25) is 0 Å². The van der Waals surface area contributed by atoms with Crippen LogP contribution in [0.15, 0.2) is 4.99 Å². The highest BCUT2D eigenvalue weighted by atomic mass is 127. The summed E-state index contributed by atoms with van der Waals surface area (Å²) in [5.41, 5.74) is 2.58. The van der Waals surface area contributed by atoms with Gasteiger partial charge in [-0.05, 0) is 59.4 Å². The summed E-state index contributed by atoms with van der Waals surface area (Å²) in [6.45, 7) is 15.1. The van der Waals surface area contributed by atoms with E-state index in [-0.39, 0.29) is 24.0 Å². The molecule has 0 saturated heterocycles. The molecule has 174 valence electrons. The second-order valence-corrected chi connectivity index (χ2v) is 8.49. The first-order valence-corrected chi connectivity index (χ1v) is 10.4. The van der Waals surface area contributed by atoms with Crippen LogP contribution in [-0.4, -0.2) is 53.1 Å². The standard InChI is InChI=1S/C21H40N6O2.HI/c1-10-21(11-2,25-19(28)29-20(5,6)7)14-24-18(22-8)23-13-12-17-15(3)26-27(9)16(17)4;/h10-14H2,1-9H3,(H,25,28)(H2,22,23,24);1H. The number of halogens is 1. The van der Waals surface area contributed by atoms with Gasteiger partial charge in [0.2, 0.25) is 0 Å².